The van der Waals surface area contributed by atoms with Gasteiger partial charge in [-0.15, -0.1) is 10.8 Å². The van der Waals surface area contributed by atoms with Crippen molar-refractivity contribution in [3.8, 4) is 0 Å². The van der Waals surface area contributed by atoms with E-state index in [1.165, 1.54) is 6.07 Å². The molecule has 1 fully saturated rings. The van der Waals surface area contributed by atoms with Crippen molar-refractivity contribution in [2.75, 3.05) is 23.1 Å². The van der Waals surface area contributed by atoms with E-state index in [4.69, 9.17) is 0 Å². The van der Waals surface area contributed by atoms with E-state index in [9.17, 15) is 32.2 Å². The van der Waals surface area contributed by atoms with Crippen LogP contribution in [0, 0.1) is 0 Å². The standard InChI is InChI=1S/C32H37F3N4O4S/c1-2-23-19-37-30-26(23)16-24(17-28(30)39-12-7-13-44(39,42)43)31(41)38-27(15-21-8-4-3-5-9-21)29(40)20-36-18-22-10-6-11-25(14-22)32(33,34)35/h3-6,8-11,14,16-17,19,27,29,36-37,40,42-43H,2,7,12-13,15,18,20H2,1H3,(H,38,41)/t27-,29-/m0/s1. The quantitative estimate of drug-likeness (QED) is 0.119. The van der Waals surface area contributed by atoms with Crippen LogP contribution in [-0.4, -0.2) is 56.1 Å². The Kier molecular flexibility index (Phi) is 9.56. The zero-order valence-electron chi connectivity index (χ0n) is 24.3. The number of hydrogen-bond acceptors (Lipinski definition) is 6. The number of hydrogen-bond donors (Lipinski definition) is 6. The molecule has 1 aliphatic rings. The van der Waals surface area contributed by atoms with E-state index < -0.39 is 40.6 Å². The summed E-state index contributed by atoms with van der Waals surface area (Å²) in [6, 6.07) is 17.0. The Morgan fingerprint density at radius 1 is 1.07 bits per heavy atom. The second-order valence-corrected chi connectivity index (χ2v) is 13.2. The number of carbonyl (C=O) groups excluding carboxylic acids is 1. The van der Waals surface area contributed by atoms with Crippen molar-refractivity contribution < 1.29 is 32.2 Å². The smallest absolute Gasteiger partial charge is 0.390 e. The summed E-state index contributed by atoms with van der Waals surface area (Å²) in [5, 5.41) is 18.0. The van der Waals surface area contributed by atoms with Crippen molar-refractivity contribution in [2.24, 2.45) is 0 Å². The van der Waals surface area contributed by atoms with Crippen LogP contribution < -0.4 is 14.9 Å². The lowest BCUT2D eigenvalue weighted by Crippen LogP contribution is -2.48. The number of alkyl halides is 3. The molecule has 12 heteroatoms. The average molecular weight is 631 g/mol. The summed E-state index contributed by atoms with van der Waals surface area (Å²) in [5.74, 6) is -0.185. The highest BCUT2D eigenvalue weighted by atomic mass is 32.3. The zero-order valence-corrected chi connectivity index (χ0v) is 25.1. The van der Waals surface area contributed by atoms with Crippen molar-refractivity contribution in [1.29, 1.82) is 0 Å². The molecule has 2 atom stereocenters. The molecule has 0 radical (unpaired) electrons. The molecular weight excluding hydrogens is 593 g/mol. The number of halogens is 3. The first-order chi connectivity index (χ1) is 21.0. The van der Waals surface area contributed by atoms with E-state index in [0.717, 1.165) is 34.2 Å². The molecule has 44 heavy (non-hydrogen) atoms. The Morgan fingerprint density at radius 2 is 1.82 bits per heavy atom. The van der Waals surface area contributed by atoms with Crippen LogP contribution in [0.3, 0.4) is 0 Å². The number of anilines is 1. The molecule has 8 nitrogen and oxygen atoms in total. The second-order valence-electron chi connectivity index (χ2n) is 11.0. The number of nitrogens with one attached hydrogen (secondary N) is 3. The van der Waals surface area contributed by atoms with Gasteiger partial charge in [0.1, 0.15) is 0 Å². The van der Waals surface area contributed by atoms with Gasteiger partial charge >= 0.3 is 6.18 Å². The van der Waals surface area contributed by atoms with Gasteiger partial charge < -0.3 is 20.7 Å². The molecule has 1 amide bonds. The summed E-state index contributed by atoms with van der Waals surface area (Å²) < 4.78 is 62.4. The highest BCUT2D eigenvalue weighted by Crippen LogP contribution is 2.52. The molecule has 0 bridgehead atoms. The molecule has 236 valence electrons. The van der Waals surface area contributed by atoms with Crippen LogP contribution in [0.15, 0.2) is 72.9 Å². The topological polar surface area (TPSA) is 121 Å². The number of amides is 1. The fraction of sp³-hybridized carbons (Fsp3) is 0.344. The largest absolute Gasteiger partial charge is 0.416 e. The van der Waals surface area contributed by atoms with Crippen LogP contribution in [-0.2, 0) is 25.6 Å². The lowest BCUT2D eigenvalue weighted by Gasteiger charge is -2.38. The molecule has 1 aromatic heterocycles. The van der Waals surface area contributed by atoms with E-state index in [0.29, 0.717) is 42.6 Å². The molecule has 0 unspecified atom stereocenters. The maximum atomic E-state index is 13.8. The lowest BCUT2D eigenvalue weighted by molar-refractivity contribution is -0.137. The highest BCUT2D eigenvalue weighted by Gasteiger charge is 2.32. The van der Waals surface area contributed by atoms with Crippen LogP contribution in [0.4, 0.5) is 18.9 Å². The number of aromatic nitrogens is 1. The van der Waals surface area contributed by atoms with Gasteiger partial charge in [0.2, 0.25) is 0 Å². The number of rotatable bonds is 11. The van der Waals surface area contributed by atoms with Crippen molar-refractivity contribution in [2.45, 2.75) is 51.1 Å². The van der Waals surface area contributed by atoms with Gasteiger partial charge in [-0.25, -0.2) is 0 Å². The van der Waals surface area contributed by atoms with E-state index in [-0.39, 0.29) is 18.8 Å². The molecule has 4 aromatic rings. The fourth-order valence-electron chi connectivity index (χ4n) is 5.59. The normalized spacial score (nSPS) is 17.0. The van der Waals surface area contributed by atoms with Crippen LogP contribution in [0.2, 0.25) is 0 Å². The van der Waals surface area contributed by atoms with E-state index in [1.54, 1.807) is 22.5 Å². The van der Waals surface area contributed by atoms with Crippen LogP contribution in [0.1, 0.15) is 46.0 Å². The molecule has 5 rings (SSSR count). The van der Waals surface area contributed by atoms with Crippen LogP contribution in [0.25, 0.3) is 10.9 Å². The third-order valence-corrected chi connectivity index (χ3v) is 9.84. The monoisotopic (exact) mass is 630 g/mol. The summed E-state index contributed by atoms with van der Waals surface area (Å²) in [6.45, 7) is 2.56. The van der Waals surface area contributed by atoms with Gasteiger partial charge in [0.15, 0.2) is 0 Å². The number of benzene rings is 3. The minimum atomic E-state index is -4.45. The number of carbonyl (C=O) groups is 1. The van der Waals surface area contributed by atoms with Gasteiger partial charge in [0, 0.05) is 36.8 Å². The second kappa shape index (κ2) is 13.2. The summed E-state index contributed by atoms with van der Waals surface area (Å²) in [4.78, 5) is 17.0. The van der Waals surface area contributed by atoms with Crippen molar-refractivity contribution >= 4 is 33.3 Å². The number of aliphatic hydroxyl groups excluding tert-OH is 1. The SMILES string of the molecule is CCc1c[nH]c2c(N3CCCS3(O)O)cc(C(=O)N[C@@H](Cc3ccccc3)[C@@H](O)CNCc3cccc(C(F)(F)F)c3)cc12. The number of H-pyrrole nitrogens is 1. The minimum absolute atomic E-state index is 0.0186. The maximum absolute atomic E-state index is 13.8. The van der Waals surface area contributed by atoms with Crippen molar-refractivity contribution in [1.82, 2.24) is 15.6 Å². The number of fused-ring (bicyclic) bond motifs is 1. The fourth-order valence-corrected chi connectivity index (χ4v) is 7.21. The maximum Gasteiger partial charge on any atom is 0.416 e. The summed E-state index contributed by atoms with van der Waals surface area (Å²) in [6.07, 6.45) is -2.04. The summed E-state index contributed by atoms with van der Waals surface area (Å²) >= 11 is 0. The molecule has 3 aromatic carbocycles. The predicted molar refractivity (Wildman–Crippen MR) is 168 cm³/mol. The zero-order chi connectivity index (χ0) is 31.5. The highest BCUT2D eigenvalue weighted by molar-refractivity contribution is 8.25. The Balaban J connectivity index is 1.37. The van der Waals surface area contributed by atoms with Crippen LogP contribution in [0.5, 0.6) is 0 Å². The summed E-state index contributed by atoms with van der Waals surface area (Å²) in [5.41, 5.74) is 3.11. The molecule has 0 spiro atoms. The van der Waals surface area contributed by atoms with Crippen LogP contribution >= 0.6 is 10.8 Å². The molecular formula is C32H37F3N4O4S. The van der Waals surface area contributed by atoms with Gasteiger partial charge in [-0.05, 0) is 54.2 Å². The predicted octanol–water partition coefficient (Wildman–Crippen LogP) is 6.12. The van der Waals surface area contributed by atoms with Gasteiger partial charge in [0.05, 0.1) is 34.7 Å². The van der Waals surface area contributed by atoms with E-state index in [1.807, 2.05) is 43.5 Å². The number of aromatic amines is 1. The van der Waals surface area contributed by atoms with Gasteiger partial charge in [0.25, 0.3) is 5.91 Å². The Morgan fingerprint density at radius 3 is 2.50 bits per heavy atom. The Hall–Kier alpha value is -3.55. The molecule has 6 N–H and O–H groups in total. The number of aliphatic hydroxyl groups is 1. The third kappa shape index (κ3) is 7.22. The number of nitrogens with zero attached hydrogens (tertiary/aromatic N) is 1. The molecule has 0 saturated carbocycles. The third-order valence-electron chi connectivity index (χ3n) is 7.91. The Bertz CT molecular complexity index is 1600. The average Bonchev–Trinajstić information content (AvgIpc) is 3.58. The van der Waals surface area contributed by atoms with Crippen molar-refractivity contribution in [3.05, 3.63) is 101 Å². The van der Waals surface area contributed by atoms with E-state index in [2.05, 4.69) is 15.6 Å². The molecule has 2 heterocycles. The number of aryl methyl sites for hydroxylation is 1. The molecule has 1 aliphatic heterocycles. The summed E-state index contributed by atoms with van der Waals surface area (Å²) in [7, 11) is -3.02. The van der Waals surface area contributed by atoms with E-state index >= 15 is 0 Å². The van der Waals surface area contributed by atoms with Gasteiger partial charge in [-0.3, -0.25) is 18.2 Å². The molecule has 1 saturated heterocycles. The van der Waals surface area contributed by atoms with Gasteiger partial charge in [-0.2, -0.15) is 13.2 Å². The van der Waals surface area contributed by atoms with Crippen molar-refractivity contribution in [3.63, 3.8) is 0 Å². The van der Waals surface area contributed by atoms with Gasteiger partial charge in [-0.1, -0.05) is 55.5 Å². The minimum Gasteiger partial charge on any atom is -0.390 e. The first-order valence-electron chi connectivity index (χ1n) is 14.5. The first-order valence-corrected chi connectivity index (χ1v) is 16.2. The first kappa shape index (κ1) is 31.9. The Labute approximate surface area is 255 Å². The lowest BCUT2D eigenvalue weighted by atomic mass is 9.99. The molecule has 0 aliphatic carbocycles.